The Hall–Kier alpha value is 0. The zero-order valence-corrected chi connectivity index (χ0v) is 9.84. The standard InChI is InChI=1S/C11H20.C2H6/c1-8(2)11-7-9-3-5-10(11)6-4-9;1-2/h8-11H,3-7H2,1-2H3;1-2H3. The van der Waals surface area contributed by atoms with Crippen molar-refractivity contribution < 1.29 is 0 Å². The molecule has 0 aromatic carbocycles. The van der Waals surface area contributed by atoms with Gasteiger partial charge in [-0.1, -0.05) is 40.5 Å². The molecule has 78 valence electrons. The highest BCUT2D eigenvalue weighted by atomic mass is 14.4. The fraction of sp³-hybridized carbons (Fsp3) is 1.00. The van der Waals surface area contributed by atoms with Gasteiger partial charge in [0.1, 0.15) is 0 Å². The van der Waals surface area contributed by atoms with E-state index in [0.29, 0.717) is 0 Å². The van der Waals surface area contributed by atoms with Gasteiger partial charge in [-0.15, -0.1) is 0 Å². The fourth-order valence-electron chi connectivity index (χ4n) is 3.25. The lowest BCUT2D eigenvalue weighted by atomic mass is 9.62. The molecule has 0 nitrogen and oxygen atoms in total. The molecule has 13 heavy (non-hydrogen) atoms. The summed E-state index contributed by atoms with van der Waals surface area (Å²) in [5.74, 6) is 4.26. The predicted molar refractivity (Wildman–Crippen MR) is 59.7 cm³/mol. The Bertz CT molecular complexity index is 129. The average molecular weight is 182 g/mol. The molecular formula is C13H26. The summed E-state index contributed by atoms with van der Waals surface area (Å²) in [7, 11) is 0. The lowest BCUT2D eigenvalue weighted by molar-refractivity contribution is 0.0680. The van der Waals surface area contributed by atoms with Gasteiger partial charge in [-0.2, -0.15) is 0 Å². The molecule has 3 aliphatic rings. The Balaban J connectivity index is 0.000000396. The summed E-state index contributed by atoms with van der Waals surface area (Å²) < 4.78 is 0. The van der Waals surface area contributed by atoms with Gasteiger partial charge >= 0.3 is 0 Å². The summed E-state index contributed by atoms with van der Waals surface area (Å²) in [6.07, 6.45) is 7.76. The van der Waals surface area contributed by atoms with E-state index in [0.717, 1.165) is 23.7 Å². The zero-order valence-electron chi connectivity index (χ0n) is 9.84. The van der Waals surface area contributed by atoms with Crippen LogP contribution in [0.1, 0.15) is 59.8 Å². The molecule has 3 aliphatic carbocycles. The molecule has 0 saturated heterocycles. The van der Waals surface area contributed by atoms with Crippen LogP contribution >= 0.6 is 0 Å². The van der Waals surface area contributed by atoms with E-state index in [-0.39, 0.29) is 0 Å². The van der Waals surface area contributed by atoms with E-state index in [9.17, 15) is 0 Å². The zero-order chi connectivity index (χ0) is 9.84. The topological polar surface area (TPSA) is 0 Å². The van der Waals surface area contributed by atoms with Crippen molar-refractivity contribution in [2.24, 2.45) is 23.7 Å². The normalized spacial score (nSPS) is 37.2. The minimum absolute atomic E-state index is 0.947. The number of hydrogen-bond donors (Lipinski definition) is 0. The minimum Gasteiger partial charge on any atom is -0.0683 e. The largest absolute Gasteiger partial charge is 0.0683 e. The Morgan fingerprint density at radius 2 is 1.46 bits per heavy atom. The van der Waals surface area contributed by atoms with Crippen LogP contribution in [-0.4, -0.2) is 0 Å². The number of fused-ring (bicyclic) bond motifs is 3. The molecule has 0 radical (unpaired) electrons. The highest BCUT2D eigenvalue weighted by Crippen LogP contribution is 2.47. The van der Waals surface area contributed by atoms with Crippen LogP contribution in [0.2, 0.25) is 0 Å². The SMILES string of the molecule is CC.CC(C)C1CC2CCC1CC2. The first-order valence-electron chi connectivity index (χ1n) is 6.27. The van der Waals surface area contributed by atoms with E-state index < -0.39 is 0 Å². The first-order chi connectivity index (χ1) is 6.27. The van der Waals surface area contributed by atoms with Crippen molar-refractivity contribution in [2.75, 3.05) is 0 Å². The second-order valence-electron chi connectivity index (χ2n) is 4.92. The maximum absolute atomic E-state index is 2.41. The van der Waals surface area contributed by atoms with Crippen LogP contribution in [0.25, 0.3) is 0 Å². The Morgan fingerprint density at radius 1 is 0.923 bits per heavy atom. The van der Waals surface area contributed by atoms with E-state index in [1.54, 1.807) is 32.1 Å². The lowest BCUT2D eigenvalue weighted by Gasteiger charge is -2.44. The summed E-state index contributed by atoms with van der Waals surface area (Å²) in [4.78, 5) is 0. The molecule has 0 amide bonds. The van der Waals surface area contributed by atoms with Gasteiger partial charge in [0.25, 0.3) is 0 Å². The summed E-state index contributed by atoms with van der Waals surface area (Å²) >= 11 is 0. The van der Waals surface area contributed by atoms with Gasteiger partial charge in [0.2, 0.25) is 0 Å². The van der Waals surface area contributed by atoms with E-state index in [1.165, 1.54) is 0 Å². The van der Waals surface area contributed by atoms with Crippen LogP contribution < -0.4 is 0 Å². The molecule has 3 rings (SSSR count). The van der Waals surface area contributed by atoms with Crippen molar-refractivity contribution >= 4 is 0 Å². The fourth-order valence-corrected chi connectivity index (χ4v) is 3.25. The molecule has 3 fully saturated rings. The van der Waals surface area contributed by atoms with E-state index in [4.69, 9.17) is 0 Å². The van der Waals surface area contributed by atoms with Gasteiger partial charge in [0, 0.05) is 0 Å². The molecule has 0 aromatic rings. The first-order valence-corrected chi connectivity index (χ1v) is 6.27. The number of hydrogen-bond acceptors (Lipinski definition) is 0. The van der Waals surface area contributed by atoms with Crippen LogP contribution in [0.15, 0.2) is 0 Å². The van der Waals surface area contributed by atoms with Crippen molar-refractivity contribution in [1.29, 1.82) is 0 Å². The molecule has 2 bridgehead atoms. The molecular weight excluding hydrogens is 156 g/mol. The van der Waals surface area contributed by atoms with E-state index in [2.05, 4.69) is 13.8 Å². The maximum atomic E-state index is 2.41. The van der Waals surface area contributed by atoms with Crippen molar-refractivity contribution in [1.82, 2.24) is 0 Å². The molecule has 1 unspecified atom stereocenters. The molecule has 0 N–H and O–H groups in total. The monoisotopic (exact) mass is 182 g/mol. The third-order valence-corrected chi connectivity index (χ3v) is 3.96. The van der Waals surface area contributed by atoms with Crippen molar-refractivity contribution in [3.63, 3.8) is 0 Å². The third kappa shape index (κ3) is 2.48. The van der Waals surface area contributed by atoms with Crippen molar-refractivity contribution in [3.8, 4) is 0 Å². The van der Waals surface area contributed by atoms with Crippen LogP contribution in [0.3, 0.4) is 0 Å². The Labute approximate surface area is 84.1 Å². The van der Waals surface area contributed by atoms with Crippen molar-refractivity contribution in [3.05, 3.63) is 0 Å². The van der Waals surface area contributed by atoms with Gasteiger partial charge < -0.3 is 0 Å². The van der Waals surface area contributed by atoms with Gasteiger partial charge in [0.05, 0.1) is 0 Å². The highest BCUT2D eigenvalue weighted by Gasteiger charge is 2.36. The number of rotatable bonds is 1. The van der Waals surface area contributed by atoms with Crippen molar-refractivity contribution in [2.45, 2.75) is 59.8 Å². The molecule has 3 saturated carbocycles. The Morgan fingerprint density at radius 3 is 1.69 bits per heavy atom. The molecule has 0 heteroatoms. The third-order valence-electron chi connectivity index (χ3n) is 3.96. The van der Waals surface area contributed by atoms with Crippen LogP contribution in [0.4, 0.5) is 0 Å². The van der Waals surface area contributed by atoms with Gasteiger partial charge in [-0.05, 0) is 42.9 Å². The van der Waals surface area contributed by atoms with Crippen LogP contribution in [-0.2, 0) is 0 Å². The molecule has 0 heterocycles. The predicted octanol–water partition coefficient (Wildman–Crippen LogP) is 4.49. The summed E-state index contributed by atoms with van der Waals surface area (Å²) in [5, 5.41) is 0. The maximum Gasteiger partial charge on any atom is -0.0360 e. The van der Waals surface area contributed by atoms with Gasteiger partial charge in [-0.25, -0.2) is 0 Å². The minimum atomic E-state index is 0.947. The quantitative estimate of drug-likeness (QED) is 0.560. The van der Waals surface area contributed by atoms with E-state index in [1.807, 2.05) is 13.8 Å². The summed E-state index contributed by atoms with van der Waals surface area (Å²) in [5.41, 5.74) is 0. The second-order valence-corrected chi connectivity index (χ2v) is 4.92. The van der Waals surface area contributed by atoms with E-state index >= 15 is 0 Å². The lowest BCUT2D eigenvalue weighted by Crippen LogP contribution is -2.33. The van der Waals surface area contributed by atoms with Crippen LogP contribution in [0.5, 0.6) is 0 Å². The van der Waals surface area contributed by atoms with Gasteiger partial charge in [0.15, 0.2) is 0 Å². The molecule has 1 atom stereocenters. The molecule has 0 aliphatic heterocycles. The second kappa shape index (κ2) is 5.02. The summed E-state index contributed by atoms with van der Waals surface area (Å²) in [6, 6.07) is 0. The van der Waals surface area contributed by atoms with Crippen LogP contribution in [0, 0.1) is 23.7 Å². The molecule has 0 spiro atoms. The highest BCUT2D eigenvalue weighted by molar-refractivity contribution is 4.87. The first kappa shape index (κ1) is 11.1. The Kier molecular flexibility index (Phi) is 4.28. The average Bonchev–Trinajstić information content (AvgIpc) is 2.22. The molecule has 0 aromatic heterocycles. The van der Waals surface area contributed by atoms with Gasteiger partial charge in [-0.3, -0.25) is 0 Å². The summed E-state index contributed by atoms with van der Waals surface area (Å²) in [6.45, 7) is 8.82. The smallest absolute Gasteiger partial charge is 0.0360 e.